The molecule has 0 spiro atoms. The number of ketones is 1. The third-order valence-corrected chi connectivity index (χ3v) is 4.68. The molecule has 1 fully saturated rings. The van der Waals surface area contributed by atoms with Crippen LogP contribution < -0.4 is 0 Å². The van der Waals surface area contributed by atoms with E-state index in [1.54, 1.807) is 4.68 Å². The highest BCUT2D eigenvalue weighted by atomic mass is 32.2. The van der Waals surface area contributed by atoms with Crippen LogP contribution in [-0.4, -0.2) is 31.2 Å². The highest BCUT2D eigenvalue weighted by Crippen LogP contribution is 2.31. The van der Waals surface area contributed by atoms with Gasteiger partial charge in [-0.2, -0.15) is 4.68 Å². The summed E-state index contributed by atoms with van der Waals surface area (Å²) in [7, 11) is 0. The molecule has 1 heterocycles. The molecule has 104 valence electrons. The van der Waals surface area contributed by atoms with Gasteiger partial charge in [0.2, 0.25) is 5.16 Å². The molecule has 1 saturated carbocycles. The van der Waals surface area contributed by atoms with Gasteiger partial charge >= 0.3 is 0 Å². The molecule has 0 radical (unpaired) electrons. The first kappa shape index (κ1) is 13.3. The van der Waals surface area contributed by atoms with Crippen LogP contribution in [0.4, 0.5) is 0 Å². The Morgan fingerprint density at radius 3 is 3.05 bits per heavy atom. The molecule has 6 heteroatoms. The number of nitrogens with zero attached hydrogens (tertiary/aromatic N) is 4. The van der Waals surface area contributed by atoms with Gasteiger partial charge in [-0.15, -0.1) is 5.10 Å². The maximum absolute atomic E-state index is 11.9. The summed E-state index contributed by atoms with van der Waals surface area (Å²) < 4.78 is 1.71. The summed E-state index contributed by atoms with van der Waals surface area (Å²) >= 11 is 1.48. The molecule has 0 aliphatic heterocycles. The van der Waals surface area contributed by atoms with Crippen LogP contribution in [-0.2, 0) is 4.79 Å². The van der Waals surface area contributed by atoms with Crippen molar-refractivity contribution < 1.29 is 4.79 Å². The SMILES string of the molecule is Cc1cccc(-n2nnnc2S[C@H]2CCCCC2=O)c1. The number of Topliss-reactive ketones (excluding diaryl/α,β-unsaturated/α-hetero) is 1. The van der Waals surface area contributed by atoms with E-state index in [2.05, 4.69) is 15.5 Å². The fourth-order valence-electron chi connectivity index (χ4n) is 2.38. The minimum atomic E-state index is -0.00157. The molecule has 0 bridgehead atoms. The van der Waals surface area contributed by atoms with E-state index in [4.69, 9.17) is 0 Å². The standard InChI is InChI=1S/C14H16N4OS/c1-10-5-4-6-11(9-10)18-14(15-16-17-18)20-13-8-3-2-7-12(13)19/h4-6,9,13H,2-3,7-8H2,1H3/t13-/m0/s1. The van der Waals surface area contributed by atoms with Crippen molar-refractivity contribution in [1.82, 2.24) is 20.2 Å². The van der Waals surface area contributed by atoms with Gasteiger partial charge in [-0.05, 0) is 47.9 Å². The summed E-state index contributed by atoms with van der Waals surface area (Å²) in [6, 6.07) is 8.01. The molecular formula is C14H16N4OS. The van der Waals surface area contributed by atoms with Gasteiger partial charge in [-0.3, -0.25) is 4.79 Å². The van der Waals surface area contributed by atoms with Crippen LogP contribution in [0.3, 0.4) is 0 Å². The van der Waals surface area contributed by atoms with Crippen molar-refractivity contribution in [2.75, 3.05) is 0 Å². The van der Waals surface area contributed by atoms with Crippen LogP contribution in [0.5, 0.6) is 0 Å². The second-order valence-electron chi connectivity index (χ2n) is 5.03. The fraction of sp³-hybridized carbons (Fsp3) is 0.429. The lowest BCUT2D eigenvalue weighted by Gasteiger charge is -2.18. The predicted octanol–water partition coefficient (Wildman–Crippen LogP) is 2.57. The van der Waals surface area contributed by atoms with E-state index in [1.165, 1.54) is 11.8 Å². The van der Waals surface area contributed by atoms with E-state index in [0.717, 1.165) is 30.5 Å². The molecule has 1 aliphatic rings. The molecule has 1 atom stereocenters. The number of carbonyl (C=O) groups is 1. The van der Waals surface area contributed by atoms with Crippen molar-refractivity contribution in [1.29, 1.82) is 0 Å². The second-order valence-corrected chi connectivity index (χ2v) is 6.20. The third kappa shape index (κ3) is 2.75. The highest BCUT2D eigenvalue weighted by Gasteiger charge is 2.25. The Morgan fingerprint density at radius 2 is 2.25 bits per heavy atom. The van der Waals surface area contributed by atoms with Crippen molar-refractivity contribution >= 4 is 17.5 Å². The Labute approximate surface area is 121 Å². The molecule has 1 aliphatic carbocycles. The molecule has 2 aromatic rings. The Balaban J connectivity index is 1.85. The maximum Gasteiger partial charge on any atom is 0.214 e. The summed E-state index contributed by atoms with van der Waals surface area (Å²) in [5.74, 6) is 0.319. The first-order valence-electron chi connectivity index (χ1n) is 6.79. The van der Waals surface area contributed by atoms with E-state index in [1.807, 2.05) is 31.2 Å². The number of aryl methyl sites for hydroxylation is 1. The van der Waals surface area contributed by atoms with Gasteiger partial charge in [-0.25, -0.2) is 0 Å². The van der Waals surface area contributed by atoms with Crippen molar-refractivity contribution in [2.24, 2.45) is 0 Å². The zero-order valence-corrected chi connectivity index (χ0v) is 12.1. The van der Waals surface area contributed by atoms with Gasteiger partial charge in [0.15, 0.2) is 0 Å². The number of tetrazole rings is 1. The van der Waals surface area contributed by atoms with Crippen LogP contribution in [0.15, 0.2) is 29.4 Å². The monoisotopic (exact) mass is 288 g/mol. The van der Waals surface area contributed by atoms with Crippen LogP contribution in [0.25, 0.3) is 5.69 Å². The quantitative estimate of drug-likeness (QED) is 0.868. The summed E-state index contributed by atoms with van der Waals surface area (Å²) in [6.45, 7) is 2.03. The number of hydrogen-bond donors (Lipinski definition) is 0. The van der Waals surface area contributed by atoms with E-state index in [9.17, 15) is 4.79 Å². The van der Waals surface area contributed by atoms with Gasteiger partial charge in [0.05, 0.1) is 10.9 Å². The third-order valence-electron chi connectivity index (χ3n) is 3.43. The van der Waals surface area contributed by atoms with Gasteiger partial charge in [0.1, 0.15) is 5.78 Å². The second kappa shape index (κ2) is 5.75. The predicted molar refractivity (Wildman–Crippen MR) is 77.0 cm³/mol. The molecule has 1 aromatic carbocycles. The average Bonchev–Trinajstić information content (AvgIpc) is 2.90. The lowest BCUT2D eigenvalue weighted by molar-refractivity contribution is -0.119. The first-order valence-corrected chi connectivity index (χ1v) is 7.67. The Morgan fingerprint density at radius 1 is 1.35 bits per heavy atom. The lowest BCUT2D eigenvalue weighted by atomic mass is 9.99. The van der Waals surface area contributed by atoms with Gasteiger partial charge in [0, 0.05) is 6.42 Å². The Kier molecular flexibility index (Phi) is 3.82. The number of hydrogen-bond acceptors (Lipinski definition) is 5. The summed E-state index contributed by atoms with van der Waals surface area (Å²) in [6.07, 6.45) is 3.72. The number of carbonyl (C=O) groups excluding carboxylic acids is 1. The maximum atomic E-state index is 11.9. The smallest absolute Gasteiger partial charge is 0.214 e. The molecule has 0 unspecified atom stereocenters. The zero-order chi connectivity index (χ0) is 13.9. The van der Waals surface area contributed by atoms with Crippen LogP contribution >= 0.6 is 11.8 Å². The van der Waals surface area contributed by atoms with Crippen LogP contribution in [0, 0.1) is 6.92 Å². The summed E-state index contributed by atoms with van der Waals surface area (Å²) in [4.78, 5) is 11.9. The minimum Gasteiger partial charge on any atom is -0.298 e. The zero-order valence-electron chi connectivity index (χ0n) is 11.3. The van der Waals surface area contributed by atoms with Crippen molar-refractivity contribution in [3.05, 3.63) is 29.8 Å². The number of aromatic nitrogens is 4. The topological polar surface area (TPSA) is 60.7 Å². The van der Waals surface area contributed by atoms with E-state index >= 15 is 0 Å². The van der Waals surface area contributed by atoms with Crippen molar-refractivity contribution in [2.45, 2.75) is 43.0 Å². The highest BCUT2D eigenvalue weighted by molar-refractivity contribution is 8.00. The average molecular weight is 288 g/mol. The van der Waals surface area contributed by atoms with E-state index in [0.29, 0.717) is 17.4 Å². The molecule has 3 rings (SSSR count). The Bertz CT molecular complexity index is 625. The lowest BCUT2D eigenvalue weighted by Crippen LogP contribution is -2.21. The van der Waals surface area contributed by atoms with Crippen LogP contribution in [0.1, 0.15) is 31.2 Å². The summed E-state index contributed by atoms with van der Waals surface area (Å²) in [5, 5.41) is 12.5. The first-order chi connectivity index (χ1) is 9.74. The molecule has 0 amide bonds. The van der Waals surface area contributed by atoms with E-state index in [-0.39, 0.29) is 5.25 Å². The molecule has 0 N–H and O–H groups in total. The minimum absolute atomic E-state index is 0.00157. The largest absolute Gasteiger partial charge is 0.298 e. The number of rotatable bonds is 3. The summed E-state index contributed by atoms with van der Waals surface area (Å²) in [5.41, 5.74) is 2.09. The molecule has 5 nitrogen and oxygen atoms in total. The van der Waals surface area contributed by atoms with Gasteiger partial charge in [-0.1, -0.05) is 30.3 Å². The molecule has 20 heavy (non-hydrogen) atoms. The number of benzene rings is 1. The normalized spacial score (nSPS) is 19.2. The Hall–Kier alpha value is -1.69. The number of thioether (sulfide) groups is 1. The molecule has 0 saturated heterocycles. The van der Waals surface area contributed by atoms with Crippen LogP contribution in [0.2, 0.25) is 0 Å². The van der Waals surface area contributed by atoms with Crippen molar-refractivity contribution in [3.63, 3.8) is 0 Å². The fourth-order valence-corrected chi connectivity index (χ4v) is 3.49. The molecular weight excluding hydrogens is 272 g/mol. The van der Waals surface area contributed by atoms with E-state index < -0.39 is 0 Å². The van der Waals surface area contributed by atoms with Gasteiger partial charge < -0.3 is 0 Å². The molecule has 1 aromatic heterocycles. The van der Waals surface area contributed by atoms with Gasteiger partial charge in [0.25, 0.3) is 0 Å². The van der Waals surface area contributed by atoms with Crippen molar-refractivity contribution in [3.8, 4) is 5.69 Å².